The SMILES string of the molecule is O/N=C(\CC(O)/C=C/c1ccccc1)c1ccc(Cl)cc1. The van der Waals surface area contributed by atoms with E-state index in [9.17, 15) is 5.11 Å². The van der Waals surface area contributed by atoms with Crippen LogP contribution in [0.3, 0.4) is 0 Å². The number of aliphatic hydroxyl groups is 1. The number of hydrogen-bond donors (Lipinski definition) is 2. The molecule has 1 unspecified atom stereocenters. The largest absolute Gasteiger partial charge is 0.411 e. The second kappa shape index (κ2) is 7.62. The van der Waals surface area contributed by atoms with Crippen molar-refractivity contribution in [3.63, 3.8) is 0 Å². The number of oxime groups is 1. The molecule has 2 aromatic carbocycles. The van der Waals surface area contributed by atoms with E-state index in [1.54, 1.807) is 30.3 Å². The molecule has 2 aromatic rings. The summed E-state index contributed by atoms with van der Waals surface area (Å²) in [4.78, 5) is 0. The van der Waals surface area contributed by atoms with Gasteiger partial charge in [0.2, 0.25) is 0 Å². The van der Waals surface area contributed by atoms with Gasteiger partial charge < -0.3 is 10.3 Å². The minimum Gasteiger partial charge on any atom is -0.411 e. The first kappa shape index (κ1) is 15.3. The average molecular weight is 302 g/mol. The summed E-state index contributed by atoms with van der Waals surface area (Å²) in [5, 5.41) is 23.0. The molecule has 0 fully saturated rings. The van der Waals surface area contributed by atoms with Crippen molar-refractivity contribution in [3.8, 4) is 0 Å². The summed E-state index contributed by atoms with van der Waals surface area (Å²) >= 11 is 5.82. The Morgan fingerprint density at radius 1 is 1.10 bits per heavy atom. The van der Waals surface area contributed by atoms with Crippen LogP contribution in [0.4, 0.5) is 0 Å². The molecular weight excluding hydrogens is 286 g/mol. The third kappa shape index (κ3) is 4.74. The predicted molar refractivity (Wildman–Crippen MR) is 85.9 cm³/mol. The van der Waals surface area contributed by atoms with Crippen LogP contribution in [0, 0.1) is 0 Å². The summed E-state index contributed by atoms with van der Waals surface area (Å²) in [5.41, 5.74) is 2.15. The third-order valence-corrected chi connectivity index (χ3v) is 3.26. The summed E-state index contributed by atoms with van der Waals surface area (Å²) in [7, 11) is 0. The molecule has 4 heteroatoms. The van der Waals surface area contributed by atoms with Crippen molar-refractivity contribution < 1.29 is 10.3 Å². The Kier molecular flexibility index (Phi) is 5.55. The molecule has 0 saturated heterocycles. The lowest BCUT2D eigenvalue weighted by atomic mass is 10.0. The van der Waals surface area contributed by atoms with Crippen molar-refractivity contribution in [2.45, 2.75) is 12.5 Å². The molecule has 1 atom stereocenters. The zero-order valence-electron chi connectivity index (χ0n) is 11.4. The summed E-state index contributed by atoms with van der Waals surface area (Å²) in [6, 6.07) is 16.6. The van der Waals surface area contributed by atoms with Gasteiger partial charge in [-0.15, -0.1) is 0 Å². The molecule has 0 aliphatic rings. The van der Waals surface area contributed by atoms with Crippen LogP contribution in [0.2, 0.25) is 5.02 Å². The van der Waals surface area contributed by atoms with Crippen LogP contribution in [-0.2, 0) is 0 Å². The molecular formula is C17H16ClNO2. The van der Waals surface area contributed by atoms with Gasteiger partial charge in [0.25, 0.3) is 0 Å². The highest BCUT2D eigenvalue weighted by atomic mass is 35.5. The molecule has 3 nitrogen and oxygen atoms in total. The summed E-state index contributed by atoms with van der Waals surface area (Å²) in [6.45, 7) is 0. The normalized spacial score (nSPS) is 13.5. The number of halogens is 1. The van der Waals surface area contributed by atoms with Crippen molar-refractivity contribution >= 4 is 23.4 Å². The number of nitrogens with zero attached hydrogens (tertiary/aromatic N) is 1. The monoisotopic (exact) mass is 301 g/mol. The lowest BCUT2D eigenvalue weighted by Gasteiger charge is -2.08. The first-order valence-electron chi connectivity index (χ1n) is 6.57. The summed E-state index contributed by atoms with van der Waals surface area (Å²) in [6.07, 6.45) is 3.01. The van der Waals surface area contributed by atoms with E-state index in [0.29, 0.717) is 10.7 Å². The standard InChI is InChI=1S/C17H16ClNO2/c18-15-9-7-14(8-10-15)17(19-21)12-16(20)11-6-13-4-2-1-3-5-13/h1-11,16,20-21H,12H2/b11-6+,19-17+. The highest BCUT2D eigenvalue weighted by molar-refractivity contribution is 6.30. The minimum absolute atomic E-state index is 0.224. The second-order valence-corrected chi connectivity index (χ2v) is 5.03. The van der Waals surface area contributed by atoms with E-state index >= 15 is 0 Å². The van der Waals surface area contributed by atoms with Gasteiger partial charge in [-0.2, -0.15) is 0 Å². The van der Waals surface area contributed by atoms with Gasteiger partial charge in [0, 0.05) is 11.4 Å². The molecule has 0 aromatic heterocycles. The second-order valence-electron chi connectivity index (χ2n) is 4.59. The molecule has 0 aliphatic heterocycles. The van der Waals surface area contributed by atoms with Gasteiger partial charge in [-0.3, -0.25) is 0 Å². The Balaban J connectivity index is 2.02. The highest BCUT2D eigenvalue weighted by Crippen LogP contribution is 2.13. The molecule has 0 aliphatic carbocycles. The quantitative estimate of drug-likeness (QED) is 0.498. The van der Waals surface area contributed by atoms with Gasteiger partial charge in [0.1, 0.15) is 0 Å². The van der Waals surface area contributed by atoms with Crippen LogP contribution in [-0.4, -0.2) is 22.1 Å². The van der Waals surface area contributed by atoms with Gasteiger partial charge in [-0.1, -0.05) is 71.4 Å². The third-order valence-electron chi connectivity index (χ3n) is 3.01. The first-order chi connectivity index (χ1) is 10.2. The Morgan fingerprint density at radius 3 is 2.38 bits per heavy atom. The van der Waals surface area contributed by atoms with E-state index in [1.807, 2.05) is 36.4 Å². The number of hydrogen-bond acceptors (Lipinski definition) is 3. The van der Waals surface area contributed by atoms with Crippen LogP contribution >= 0.6 is 11.6 Å². The van der Waals surface area contributed by atoms with E-state index in [4.69, 9.17) is 16.8 Å². The molecule has 0 amide bonds. The number of rotatable bonds is 5. The van der Waals surface area contributed by atoms with Crippen LogP contribution < -0.4 is 0 Å². The summed E-state index contributed by atoms with van der Waals surface area (Å²) < 4.78 is 0. The van der Waals surface area contributed by atoms with E-state index in [-0.39, 0.29) is 6.42 Å². The number of benzene rings is 2. The van der Waals surface area contributed by atoms with E-state index in [1.165, 1.54) is 0 Å². The maximum absolute atomic E-state index is 10.0. The molecule has 108 valence electrons. The van der Waals surface area contributed by atoms with E-state index < -0.39 is 6.10 Å². The van der Waals surface area contributed by atoms with E-state index in [2.05, 4.69) is 5.16 Å². The van der Waals surface area contributed by atoms with Crippen LogP contribution in [0.25, 0.3) is 6.08 Å². The fourth-order valence-corrected chi connectivity index (χ4v) is 2.04. The van der Waals surface area contributed by atoms with Gasteiger partial charge in [-0.25, -0.2) is 0 Å². The van der Waals surface area contributed by atoms with Crippen LogP contribution in [0.15, 0.2) is 65.8 Å². The first-order valence-corrected chi connectivity index (χ1v) is 6.95. The Labute approximate surface area is 128 Å². The van der Waals surface area contributed by atoms with E-state index in [0.717, 1.165) is 11.1 Å². The van der Waals surface area contributed by atoms with Crippen molar-refractivity contribution in [1.29, 1.82) is 0 Å². The lowest BCUT2D eigenvalue weighted by Crippen LogP contribution is -2.12. The smallest absolute Gasteiger partial charge is 0.0896 e. The molecule has 0 heterocycles. The van der Waals surface area contributed by atoms with Crippen molar-refractivity contribution in [1.82, 2.24) is 0 Å². The zero-order valence-corrected chi connectivity index (χ0v) is 12.1. The van der Waals surface area contributed by atoms with Crippen molar-refractivity contribution in [2.75, 3.05) is 0 Å². The van der Waals surface area contributed by atoms with Crippen LogP contribution in [0.5, 0.6) is 0 Å². The van der Waals surface area contributed by atoms with Gasteiger partial charge in [0.05, 0.1) is 11.8 Å². The molecule has 0 saturated carbocycles. The van der Waals surface area contributed by atoms with Crippen molar-refractivity contribution in [2.24, 2.45) is 5.16 Å². The Bertz CT molecular complexity index is 621. The average Bonchev–Trinajstić information content (AvgIpc) is 2.52. The number of aliphatic hydroxyl groups excluding tert-OH is 1. The fourth-order valence-electron chi connectivity index (χ4n) is 1.91. The summed E-state index contributed by atoms with van der Waals surface area (Å²) in [5.74, 6) is 0. The fraction of sp³-hybridized carbons (Fsp3) is 0.118. The van der Waals surface area contributed by atoms with Gasteiger partial charge >= 0.3 is 0 Å². The maximum atomic E-state index is 10.0. The molecule has 0 radical (unpaired) electrons. The van der Waals surface area contributed by atoms with Crippen LogP contribution in [0.1, 0.15) is 17.5 Å². The predicted octanol–water partition coefficient (Wildman–Crippen LogP) is 3.98. The highest BCUT2D eigenvalue weighted by Gasteiger charge is 2.09. The van der Waals surface area contributed by atoms with Crippen molar-refractivity contribution in [3.05, 3.63) is 76.8 Å². The topological polar surface area (TPSA) is 52.8 Å². The molecule has 2 rings (SSSR count). The lowest BCUT2D eigenvalue weighted by molar-refractivity contribution is 0.229. The molecule has 21 heavy (non-hydrogen) atoms. The van der Waals surface area contributed by atoms with Gasteiger partial charge in [0.15, 0.2) is 0 Å². The molecule has 0 spiro atoms. The maximum Gasteiger partial charge on any atom is 0.0896 e. The zero-order chi connectivity index (χ0) is 15.1. The minimum atomic E-state index is -0.730. The van der Waals surface area contributed by atoms with Gasteiger partial charge in [-0.05, 0) is 23.3 Å². The molecule has 2 N–H and O–H groups in total. The molecule has 0 bridgehead atoms. The Hall–Kier alpha value is -2.10. The Morgan fingerprint density at radius 2 is 1.76 bits per heavy atom.